The lowest BCUT2D eigenvalue weighted by Gasteiger charge is -2.44. The number of esters is 1. The number of carbonyl (C=O) groups excluding carboxylic acids is 2. The summed E-state index contributed by atoms with van der Waals surface area (Å²) >= 11 is 0. The van der Waals surface area contributed by atoms with E-state index in [4.69, 9.17) is 18.6 Å². The largest absolute Gasteiger partial charge is 0.465 e. The minimum Gasteiger partial charge on any atom is -0.465 e. The molecule has 2 aliphatic heterocycles. The van der Waals surface area contributed by atoms with Crippen LogP contribution in [-0.2, 0) is 28.2 Å². The van der Waals surface area contributed by atoms with Gasteiger partial charge in [0.25, 0.3) is 0 Å². The molecule has 2 aliphatic rings. The van der Waals surface area contributed by atoms with Gasteiger partial charge in [-0.1, -0.05) is 46.8 Å². The highest BCUT2D eigenvalue weighted by molar-refractivity contribution is 6.74. The van der Waals surface area contributed by atoms with Crippen molar-refractivity contribution in [1.29, 1.82) is 0 Å². The van der Waals surface area contributed by atoms with E-state index >= 15 is 0 Å². The third-order valence-corrected chi connectivity index (χ3v) is 12.7. The van der Waals surface area contributed by atoms with E-state index in [-0.39, 0.29) is 42.5 Å². The normalized spacial score (nSPS) is 33.7. The minimum absolute atomic E-state index is 0.0668. The fourth-order valence-corrected chi connectivity index (χ4v) is 6.18. The Kier molecular flexibility index (Phi) is 9.79. The summed E-state index contributed by atoms with van der Waals surface area (Å²) in [7, 11) is -2.41. The maximum Gasteiger partial charge on any atom is 0.302 e. The summed E-state index contributed by atoms with van der Waals surface area (Å²) in [5.41, 5.74) is -0.778. The molecular formula is C27H48O8Si. The maximum absolute atomic E-state index is 14.0. The van der Waals surface area contributed by atoms with E-state index in [1.54, 1.807) is 6.92 Å². The highest BCUT2D eigenvalue weighted by atomic mass is 28.4. The smallest absolute Gasteiger partial charge is 0.302 e. The highest BCUT2D eigenvalue weighted by Crippen LogP contribution is 2.51. The van der Waals surface area contributed by atoms with Crippen LogP contribution in [-0.4, -0.2) is 73.2 Å². The SMILES string of the molecule is CC=C[C@H](C)[C@H]1OC1(C)[C@@H](O[Si](C)(C)C(C)(C)C)[C@@H](COC(C)=O)C(=O)[C@@H]1COC(O)(CC)C[C@@H]1O. The van der Waals surface area contributed by atoms with Crippen LogP contribution >= 0.6 is 0 Å². The molecule has 0 spiro atoms. The van der Waals surface area contributed by atoms with Gasteiger partial charge in [-0.05, 0) is 38.4 Å². The Morgan fingerprint density at radius 3 is 2.36 bits per heavy atom. The average Bonchev–Trinajstić information content (AvgIpc) is 3.45. The van der Waals surface area contributed by atoms with E-state index < -0.39 is 49.7 Å². The van der Waals surface area contributed by atoms with Gasteiger partial charge in [0.1, 0.15) is 18.0 Å². The van der Waals surface area contributed by atoms with Gasteiger partial charge in [0.05, 0.1) is 36.8 Å². The molecule has 2 fully saturated rings. The van der Waals surface area contributed by atoms with Crippen molar-refractivity contribution in [2.45, 2.75) is 116 Å². The second kappa shape index (κ2) is 11.3. The standard InChI is InChI=1S/C27H48O8Si/c1-11-13-17(3)23-26(8,34-23)24(35-36(9,10)25(5,6)7)20(15-32-18(4)28)22(30)19-16-33-27(31,12-2)14-21(19)29/h11,13,17,19-21,23-24,29,31H,12,14-16H2,1-10H3/t17-,19+,20-,21-,23+,24-,26?,27?/m0/s1. The van der Waals surface area contributed by atoms with Gasteiger partial charge in [-0.25, -0.2) is 0 Å². The second-order valence-corrected chi connectivity index (χ2v) is 17.0. The van der Waals surface area contributed by atoms with E-state index in [0.29, 0.717) is 6.42 Å². The van der Waals surface area contributed by atoms with Crippen LogP contribution < -0.4 is 0 Å². The average molecular weight is 529 g/mol. The summed E-state index contributed by atoms with van der Waals surface area (Å²) in [6, 6.07) is 0. The summed E-state index contributed by atoms with van der Waals surface area (Å²) in [6.45, 7) is 19.3. The lowest BCUT2D eigenvalue weighted by Crippen LogP contribution is -2.57. The Hall–Kier alpha value is -1.10. The monoisotopic (exact) mass is 528 g/mol. The summed E-state index contributed by atoms with van der Waals surface area (Å²) in [5, 5.41) is 21.2. The van der Waals surface area contributed by atoms with Gasteiger partial charge < -0.3 is 28.8 Å². The first kappa shape index (κ1) is 31.1. The molecule has 2 unspecified atom stereocenters. The zero-order chi connectivity index (χ0) is 27.7. The van der Waals surface area contributed by atoms with Gasteiger partial charge in [-0.2, -0.15) is 0 Å². The van der Waals surface area contributed by atoms with Crippen LogP contribution in [0.15, 0.2) is 12.2 Å². The van der Waals surface area contributed by atoms with Crippen LogP contribution in [0.4, 0.5) is 0 Å². The number of rotatable bonds is 11. The Balaban J connectivity index is 2.48. The zero-order valence-corrected chi connectivity index (χ0v) is 24.8. The number of carbonyl (C=O) groups is 2. The van der Waals surface area contributed by atoms with Crippen molar-refractivity contribution in [3.05, 3.63) is 12.2 Å². The Bertz CT molecular complexity index is 821. The van der Waals surface area contributed by atoms with Gasteiger partial charge in [-0.15, -0.1) is 0 Å². The van der Waals surface area contributed by atoms with E-state index in [9.17, 15) is 19.8 Å². The molecule has 0 amide bonds. The topological polar surface area (TPSA) is 115 Å². The van der Waals surface area contributed by atoms with Crippen LogP contribution in [0.25, 0.3) is 0 Å². The summed E-state index contributed by atoms with van der Waals surface area (Å²) < 4.78 is 24.2. The number of ether oxygens (including phenoxy) is 3. The number of epoxide rings is 1. The van der Waals surface area contributed by atoms with Crippen molar-refractivity contribution >= 4 is 20.1 Å². The van der Waals surface area contributed by atoms with Crippen LogP contribution in [0, 0.1) is 17.8 Å². The van der Waals surface area contributed by atoms with Crippen molar-refractivity contribution in [2.24, 2.45) is 17.8 Å². The predicted molar refractivity (Wildman–Crippen MR) is 140 cm³/mol. The third-order valence-electron chi connectivity index (χ3n) is 8.29. The van der Waals surface area contributed by atoms with Crippen LogP contribution in [0.5, 0.6) is 0 Å². The van der Waals surface area contributed by atoms with Gasteiger partial charge >= 0.3 is 5.97 Å². The number of allylic oxidation sites excluding steroid dienone is 1. The fraction of sp³-hybridized carbons (Fsp3) is 0.852. The van der Waals surface area contributed by atoms with Gasteiger partial charge in [0.2, 0.25) is 0 Å². The van der Waals surface area contributed by atoms with Crippen LogP contribution in [0.2, 0.25) is 18.1 Å². The number of ketones is 1. The minimum atomic E-state index is -2.41. The van der Waals surface area contributed by atoms with E-state index in [1.165, 1.54) is 6.92 Å². The molecule has 0 radical (unpaired) electrons. The summed E-state index contributed by atoms with van der Waals surface area (Å²) in [5.74, 6) is -3.92. The second-order valence-electron chi connectivity index (χ2n) is 12.2. The molecule has 36 heavy (non-hydrogen) atoms. The highest BCUT2D eigenvalue weighted by Gasteiger charge is 2.64. The maximum atomic E-state index is 14.0. The molecule has 9 heteroatoms. The number of Topliss-reactive ketones (excluding diaryl/α,β-unsaturated/α-hetero) is 1. The first-order chi connectivity index (χ1) is 16.4. The number of hydrogen-bond donors (Lipinski definition) is 2. The van der Waals surface area contributed by atoms with Crippen molar-refractivity contribution in [1.82, 2.24) is 0 Å². The molecule has 0 aromatic carbocycles. The van der Waals surface area contributed by atoms with Gasteiger partial charge in [0.15, 0.2) is 14.1 Å². The number of aliphatic hydroxyl groups is 2. The molecule has 0 aromatic heterocycles. The Morgan fingerprint density at radius 1 is 1.28 bits per heavy atom. The van der Waals surface area contributed by atoms with E-state index in [0.717, 1.165) is 0 Å². The molecule has 0 aromatic rings. The molecule has 0 aliphatic carbocycles. The lowest BCUT2D eigenvalue weighted by molar-refractivity contribution is -0.258. The molecule has 8 atom stereocenters. The first-order valence-corrected chi connectivity index (χ1v) is 16.0. The van der Waals surface area contributed by atoms with Crippen LogP contribution in [0.3, 0.4) is 0 Å². The lowest BCUT2D eigenvalue weighted by atomic mass is 9.78. The molecular weight excluding hydrogens is 480 g/mol. The number of aliphatic hydroxyl groups excluding tert-OH is 1. The summed E-state index contributed by atoms with van der Waals surface area (Å²) in [4.78, 5) is 25.8. The zero-order valence-electron chi connectivity index (χ0n) is 23.8. The van der Waals surface area contributed by atoms with Gasteiger partial charge in [0, 0.05) is 19.3 Å². The first-order valence-electron chi connectivity index (χ1n) is 13.1. The molecule has 0 bridgehead atoms. The molecule has 0 saturated carbocycles. The van der Waals surface area contributed by atoms with E-state index in [2.05, 4.69) is 46.9 Å². The molecule has 2 heterocycles. The fourth-order valence-electron chi connectivity index (χ4n) is 4.80. The van der Waals surface area contributed by atoms with E-state index in [1.807, 2.05) is 19.9 Å². The Morgan fingerprint density at radius 2 is 1.89 bits per heavy atom. The molecule has 2 saturated heterocycles. The molecule has 2 rings (SSSR count). The predicted octanol–water partition coefficient (Wildman–Crippen LogP) is 3.99. The third kappa shape index (κ3) is 6.85. The summed E-state index contributed by atoms with van der Waals surface area (Å²) in [6.07, 6.45) is 2.32. The molecule has 208 valence electrons. The van der Waals surface area contributed by atoms with Crippen LogP contribution in [0.1, 0.15) is 68.2 Å². The van der Waals surface area contributed by atoms with Gasteiger partial charge in [-0.3, -0.25) is 9.59 Å². The molecule has 2 N–H and O–H groups in total. The number of hydrogen-bond acceptors (Lipinski definition) is 8. The van der Waals surface area contributed by atoms with Crippen molar-refractivity contribution in [3.63, 3.8) is 0 Å². The van der Waals surface area contributed by atoms with Crippen molar-refractivity contribution in [2.75, 3.05) is 13.2 Å². The molecule has 8 nitrogen and oxygen atoms in total. The van der Waals surface area contributed by atoms with Crippen molar-refractivity contribution in [3.8, 4) is 0 Å². The van der Waals surface area contributed by atoms with Crippen molar-refractivity contribution < 1.29 is 38.4 Å². The quantitative estimate of drug-likeness (QED) is 0.179. The Labute approximate surface area is 217 Å².